The van der Waals surface area contributed by atoms with Gasteiger partial charge >= 0.3 is 0 Å². The highest BCUT2D eigenvalue weighted by Crippen LogP contribution is 2.26. The highest BCUT2D eigenvalue weighted by molar-refractivity contribution is 7.09. The third-order valence-corrected chi connectivity index (χ3v) is 4.11. The van der Waals surface area contributed by atoms with E-state index in [0.29, 0.717) is 6.42 Å². The van der Waals surface area contributed by atoms with Gasteiger partial charge in [0.1, 0.15) is 5.82 Å². The Bertz CT molecular complexity index is 564. The lowest BCUT2D eigenvalue weighted by Gasteiger charge is -2.20. The number of hydrogen-bond donors (Lipinski definition) is 1. The fourth-order valence-corrected chi connectivity index (χ4v) is 2.97. The van der Waals surface area contributed by atoms with Crippen molar-refractivity contribution in [3.63, 3.8) is 0 Å². The Morgan fingerprint density at radius 1 is 1.44 bits per heavy atom. The SMILES string of the molecule is Cc1nc(Cc2ncc3c(n2)CCCC3N)cs1. The molecular weight excluding hydrogens is 244 g/mol. The lowest BCUT2D eigenvalue weighted by Crippen LogP contribution is -2.19. The average Bonchev–Trinajstić information content (AvgIpc) is 2.75. The topological polar surface area (TPSA) is 64.7 Å². The van der Waals surface area contributed by atoms with E-state index in [1.54, 1.807) is 11.3 Å². The molecule has 0 radical (unpaired) electrons. The van der Waals surface area contributed by atoms with Gasteiger partial charge in [0.2, 0.25) is 0 Å². The number of aryl methyl sites for hydroxylation is 2. The smallest absolute Gasteiger partial charge is 0.134 e. The van der Waals surface area contributed by atoms with Gasteiger partial charge in [-0.3, -0.25) is 0 Å². The molecule has 4 nitrogen and oxygen atoms in total. The van der Waals surface area contributed by atoms with E-state index in [1.165, 1.54) is 0 Å². The molecule has 18 heavy (non-hydrogen) atoms. The van der Waals surface area contributed by atoms with E-state index >= 15 is 0 Å². The standard InChI is InChI=1S/C13H16N4S/c1-8-16-9(7-18-8)5-13-15-6-10-11(14)3-2-4-12(10)17-13/h6-7,11H,2-5,14H2,1H3. The van der Waals surface area contributed by atoms with Gasteiger partial charge in [0.15, 0.2) is 0 Å². The van der Waals surface area contributed by atoms with Crippen LogP contribution in [0.15, 0.2) is 11.6 Å². The third kappa shape index (κ3) is 2.28. The van der Waals surface area contributed by atoms with E-state index in [9.17, 15) is 0 Å². The van der Waals surface area contributed by atoms with Crippen LogP contribution in [-0.2, 0) is 12.8 Å². The van der Waals surface area contributed by atoms with Crippen LogP contribution in [0.25, 0.3) is 0 Å². The molecule has 0 saturated carbocycles. The number of aromatic nitrogens is 3. The molecule has 2 heterocycles. The molecule has 0 fully saturated rings. The average molecular weight is 260 g/mol. The molecule has 1 unspecified atom stereocenters. The van der Waals surface area contributed by atoms with Crippen LogP contribution in [0.4, 0.5) is 0 Å². The van der Waals surface area contributed by atoms with Crippen LogP contribution in [0.2, 0.25) is 0 Å². The molecule has 0 saturated heterocycles. The number of thiazole rings is 1. The first-order chi connectivity index (χ1) is 8.72. The molecule has 1 atom stereocenters. The Balaban J connectivity index is 1.86. The van der Waals surface area contributed by atoms with Crippen molar-refractivity contribution in [3.8, 4) is 0 Å². The van der Waals surface area contributed by atoms with Gasteiger partial charge in [-0.1, -0.05) is 0 Å². The van der Waals surface area contributed by atoms with Crippen molar-refractivity contribution in [3.05, 3.63) is 39.4 Å². The van der Waals surface area contributed by atoms with Gasteiger partial charge in [-0.25, -0.2) is 15.0 Å². The highest BCUT2D eigenvalue weighted by Gasteiger charge is 2.19. The fraction of sp³-hybridized carbons (Fsp3) is 0.462. The molecule has 0 aromatic carbocycles. The van der Waals surface area contributed by atoms with Crippen molar-refractivity contribution in [1.82, 2.24) is 15.0 Å². The van der Waals surface area contributed by atoms with Crippen LogP contribution < -0.4 is 5.73 Å². The summed E-state index contributed by atoms with van der Waals surface area (Å²) in [5, 5.41) is 3.16. The zero-order valence-corrected chi connectivity index (χ0v) is 11.2. The quantitative estimate of drug-likeness (QED) is 0.898. The first-order valence-corrected chi connectivity index (χ1v) is 7.11. The van der Waals surface area contributed by atoms with Gasteiger partial charge in [-0.15, -0.1) is 11.3 Å². The number of hydrogen-bond acceptors (Lipinski definition) is 5. The molecule has 0 spiro atoms. The van der Waals surface area contributed by atoms with Crippen molar-refractivity contribution >= 4 is 11.3 Å². The molecule has 2 N–H and O–H groups in total. The molecule has 1 aliphatic rings. The largest absolute Gasteiger partial charge is 0.324 e. The van der Waals surface area contributed by atoms with E-state index in [4.69, 9.17) is 5.73 Å². The molecule has 1 aliphatic carbocycles. The molecule has 0 aliphatic heterocycles. The summed E-state index contributed by atoms with van der Waals surface area (Å²) in [6, 6.07) is 0.115. The second kappa shape index (κ2) is 4.74. The molecule has 2 aromatic heterocycles. The fourth-order valence-electron chi connectivity index (χ4n) is 2.36. The van der Waals surface area contributed by atoms with Gasteiger partial charge < -0.3 is 5.73 Å². The van der Waals surface area contributed by atoms with Gasteiger partial charge in [0.05, 0.1) is 17.1 Å². The van der Waals surface area contributed by atoms with Crippen LogP contribution in [0, 0.1) is 6.92 Å². The zero-order chi connectivity index (χ0) is 12.5. The molecule has 0 bridgehead atoms. The summed E-state index contributed by atoms with van der Waals surface area (Å²) < 4.78 is 0. The first-order valence-electron chi connectivity index (χ1n) is 6.23. The van der Waals surface area contributed by atoms with Crippen LogP contribution >= 0.6 is 11.3 Å². The van der Waals surface area contributed by atoms with E-state index in [2.05, 4.69) is 20.3 Å². The van der Waals surface area contributed by atoms with Crippen molar-refractivity contribution < 1.29 is 0 Å². The third-order valence-electron chi connectivity index (χ3n) is 3.28. The minimum absolute atomic E-state index is 0.115. The van der Waals surface area contributed by atoms with Gasteiger partial charge in [-0.05, 0) is 26.2 Å². The Labute approximate surface area is 110 Å². The Kier molecular flexibility index (Phi) is 3.09. The minimum atomic E-state index is 0.115. The van der Waals surface area contributed by atoms with E-state index in [1.807, 2.05) is 13.1 Å². The first kappa shape index (κ1) is 11.7. The summed E-state index contributed by atoms with van der Waals surface area (Å²) in [6.07, 6.45) is 5.81. The van der Waals surface area contributed by atoms with Crippen molar-refractivity contribution in [2.24, 2.45) is 5.73 Å². The summed E-state index contributed by atoms with van der Waals surface area (Å²) in [7, 11) is 0. The molecule has 3 rings (SSSR count). The Morgan fingerprint density at radius 3 is 3.11 bits per heavy atom. The predicted molar refractivity (Wildman–Crippen MR) is 71.6 cm³/mol. The minimum Gasteiger partial charge on any atom is -0.324 e. The maximum absolute atomic E-state index is 6.06. The van der Waals surface area contributed by atoms with E-state index in [0.717, 1.165) is 47.0 Å². The number of nitrogens with zero attached hydrogens (tertiary/aromatic N) is 3. The Hall–Kier alpha value is -1.33. The number of nitrogens with two attached hydrogens (primary N) is 1. The summed E-state index contributed by atoms with van der Waals surface area (Å²) in [6.45, 7) is 2.01. The number of fused-ring (bicyclic) bond motifs is 1. The Morgan fingerprint density at radius 2 is 2.33 bits per heavy atom. The molecular formula is C13H16N4S. The predicted octanol–water partition coefficient (Wildman–Crippen LogP) is 2.17. The summed E-state index contributed by atoms with van der Waals surface area (Å²) in [5.41, 5.74) is 9.37. The van der Waals surface area contributed by atoms with Crippen LogP contribution in [-0.4, -0.2) is 15.0 Å². The molecule has 0 amide bonds. The number of rotatable bonds is 2. The lowest BCUT2D eigenvalue weighted by molar-refractivity contribution is 0.553. The lowest BCUT2D eigenvalue weighted by atomic mass is 9.93. The van der Waals surface area contributed by atoms with Crippen molar-refractivity contribution in [1.29, 1.82) is 0 Å². The van der Waals surface area contributed by atoms with Gasteiger partial charge in [-0.2, -0.15) is 0 Å². The second-order valence-corrected chi connectivity index (χ2v) is 5.78. The zero-order valence-electron chi connectivity index (χ0n) is 10.4. The maximum atomic E-state index is 6.06. The van der Waals surface area contributed by atoms with E-state index < -0.39 is 0 Å². The summed E-state index contributed by atoms with van der Waals surface area (Å²) in [4.78, 5) is 13.5. The molecule has 5 heteroatoms. The van der Waals surface area contributed by atoms with E-state index in [-0.39, 0.29) is 6.04 Å². The molecule has 2 aromatic rings. The second-order valence-electron chi connectivity index (χ2n) is 4.72. The summed E-state index contributed by atoms with van der Waals surface area (Å²) >= 11 is 1.67. The van der Waals surface area contributed by atoms with Crippen LogP contribution in [0.5, 0.6) is 0 Å². The highest BCUT2D eigenvalue weighted by atomic mass is 32.1. The van der Waals surface area contributed by atoms with Crippen molar-refractivity contribution in [2.75, 3.05) is 0 Å². The van der Waals surface area contributed by atoms with Crippen molar-refractivity contribution in [2.45, 2.75) is 38.6 Å². The normalized spacial score (nSPS) is 18.7. The molecule has 94 valence electrons. The van der Waals surface area contributed by atoms with Gasteiger partial charge in [0, 0.05) is 28.9 Å². The summed E-state index contributed by atoms with van der Waals surface area (Å²) in [5.74, 6) is 0.855. The van der Waals surface area contributed by atoms with Gasteiger partial charge in [0.25, 0.3) is 0 Å². The monoisotopic (exact) mass is 260 g/mol. The van der Waals surface area contributed by atoms with Crippen LogP contribution in [0.3, 0.4) is 0 Å². The van der Waals surface area contributed by atoms with Crippen LogP contribution in [0.1, 0.15) is 46.7 Å². The maximum Gasteiger partial charge on any atom is 0.134 e.